The van der Waals surface area contributed by atoms with Gasteiger partial charge in [-0.15, -0.1) is 0 Å². The summed E-state index contributed by atoms with van der Waals surface area (Å²) < 4.78 is 0. The molecule has 2 aliphatic heterocycles. The van der Waals surface area contributed by atoms with Crippen molar-refractivity contribution in [3.05, 3.63) is 0 Å². The highest BCUT2D eigenvalue weighted by molar-refractivity contribution is 5.76. The van der Waals surface area contributed by atoms with E-state index in [4.69, 9.17) is 5.11 Å². The molecule has 6 nitrogen and oxygen atoms in total. The summed E-state index contributed by atoms with van der Waals surface area (Å²) in [6.45, 7) is 6.90. The number of carboxylic acids is 1. The molecule has 2 N–H and O–H groups in total. The summed E-state index contributed by atoms with van der Waals surface area (Å²) in [6.07, 6.45) is 4.02. The van der Waals surface area contributed by atoms with Crippen molar-refractivity contribution < 1.29 is 14.7 Å². The second-order valence-electron chi connectivity index (χ2n) is 6.15. The third-order valence-corrected chi connectivity index (χ3v) is 4.74. The second-order valence-corrected chi connectivity index (χ2v) is 6.15. The number of likely N-dealkylation sites (tertiary alicyclic amines) is 2. The summed E-state index contributed by atoms with van der Waals surface area (Å²) in [5, 5.41) is 11.9. The Bertz CT molecular complexity index is 367. The Balaban J connectivity index is 1.73. The highest BCUT2D eigenvalue weighted by atomic mass is 16.4. The van der Waals surface area contributed by atoms with Crippen molar-refractivity contribution in [3.63, 3.8) is 0 Å². The minimum absolute atomic E-state index is 0.0578. The van der Waals surface area contributed by atoms with E-state index in [9.17, 15) is 9.59 Å². The first-order valence-electron chi connectivity index (χ1n) is 8.08. The number of nitrogens with zero attached hydrogens (tertiary/aromatic N) is 2. The number of piperidine rings is 1. The Hall–Kier alpha value is -1.30. The van der Waals surface area contributed by atoms with Crippen LogP contribution in [-0.2, 0) is 4.79 Å². The number of carbonyl (C=O) groups is 2. The lowest BCUT2D eigenvalue weighted by Gasteiger charge is -2.32. The van der Waals surface area contributed by atoms with Gasteiger partial charge in [-0.1, -0.05) is 6.92 Å². The van der Waals surface area contributed by atoms with Crippen molar-refractivity contribution in [1.29, 1.82) is 0 Å². The van der Waals surface area contributed by atoms with Crippen LogP contribution in [0.2, 0.25) is 0 Å². The molecule has 0 saturated carbocycles. The fraction of sp³-hybridized carbons (Fsp3) is 0.867. The van der Waals surface area contributed by atoms with Crippen LogP contribution in [0.15, 0.2) is 0 Å². The third-order valence-electron chi connectivity index (χ3n) is 4.74. The molecule has 0 aromatic rings. The number of carbonyl (C=O) groups excluding carboxylic acids is 1. The molecule has 2 amide bonds. The van der Waals surface area contributed by atoms with Gasteiger partial charge in [0.25, 0.3) is 0 Å². The van der Waals surface area contributed by atoms with E-state index in [-0.39, 0.29) is 18.5 Å². The SMILES string of the molecule is CCN1CCC(CNC(=O)N2CCCC2CC(=O)O)CC1. The summed E-state index contributed by atoms with van der Waals surface area (Å²) in [4.78, 5) is 27.2. The first kappa shape index (κ1) is 16.1. The highest BCUT2D eigenvalue weighted by Gasteiger charge is 2.30. The fourth-order valence-corrected chi connectivity index (χ4v) is 3.36. The van der Waals surface area contributed by atoms with Gasteiger partial charge in [0.15, 0.2) is 0 Å². The number of rotatable bonds is 5. The number of amides is 2. The van der Waals surface area contributed by atoms with Gasteiger partial charge in [-0.25, -0.2) is 4.79 Å². The topological polar surface area (TPSA) is 72.9 Å². The van der Waals surface area contributed by atoms with Crippen LogP contribution in [0.5, 0.6) is 0 Å². The van der Waals surface area contributed by atoms with Crippen LogP contribution in [0.25, 0.3) is 0 Å². The molecule has 2 aliphatic rings. The summed E-state index contributed by atoms with van der Waals surface area (Å²) in [5.41, 5.74) is 0. The molecule has 2 heterocycles. The van der Waals surface area contributed by atoms with Crippen LogP contribution in [0.3, 0.4) is 0 Å². The van der Waals surface area contributed by atoms with E-state index in [1.807, 2.05) is 0 Å². The molecule has 2 saturated heterocycles. The van der Waals surface area contributed by atoms with Crippen molar-refractivity contribution in [3.8, 4) is 0 Å². The summed E-state index contributed by atoms with van der Waals surface area (Å²) in [5.74, 6) is -0.274. The zero-order valence-corrected chi connectivity index (χ0v) is 12.9. The van der Waals surface area contributed by atoms with E-state index < -0.39 is 5.97 Å². The molecule has 0 bridgehead atoms. The number of hydrogen-bond acceptors (Lipinski definition) is 3. The van der Waals surface area contributed by atoms with Crippen LogP contribution >= 0.6 is 0 Å². The molecular formula is C15H27N3O3. The largest absolute Gasteiger partial charge is 0.481 e. The lowest BCUT2D eigenvalue weighted by Crippen LogP contribution is -2.46. The Labute approximate surface area is 126 Å². The van der Waals surface area contributed by atoms with E-state index in [2.05, 4.69) is 17.1 Å². The van der Waals surface area contributed by atoms with Gasteiger partial charge in [-0.05, 0) is 51.2 Å². The van der Waals surface area contributed by atoms with Gasteiger partial charge in [0, 0.05) is 19.1 Å². The Kier molecular flexibility index (Phi) is 5.85. The van der Waals surface area contributed by atoms with Crippen molar-refractivity contribution in [2.45, 2.75) is 45.1 Å². The van der Waals surface area contributed by atoms with Crippen molar-refractivity contribution in [2.75, 3.05) is 32.7 Å². The predicted octanol–water partition coefficient (Wildman–Crippen LogP) is 1.37. The summed E-state index contributed by atoms with van der Waals surface area (Å²) in [6, 6.07) is -0.221. The van der Waals surface area contributed by atoms with E-state index in [1.54, 1.807) is 4.90 Å². The number of carboxylic acid groups (broad SMARTS) is 1. The highest BCUT2D eigenvalue weighted by Crippen LogP contribution is 2.21. The lowest BCUT2D eigenvalue weighted by atomic mass is 9.97. The standard InChI is InChI=1S/C15H27N3O3/c1-2-17-8-5-12(6-9-17)11-16-15(21)18-7-3-4-13(18)10-14(19)20/h12-13H,2-11H2,1H3,(H,16,21)(H,19,20). The number of urea groups is 1. The smallest absolute Gasteiger partial charge is 0.317 e. The summed E-state index contributed by atoms with van der Waals surface area (Å²) in [7, 11) is 0. The molecule has 0 aliphatic carbocycles. The molecule has 120 valence electrons. The van der Waals surface area contributed by atoms with Crippen molar-refractivity contribution in [1.82, 2.24) is 15.1 Å². The van der Waals surface area contributed by atoms with Gasteiger partial charge in [0.1, 0.15) is 0 Å². The normalized spacial score (nSPS) is 24.2. The molecule has 0 spiro atoms. The van der Waals surface area contributed by atoms with Gasteiger partial charge in [0.05, 0.1) is 6.42 Å². The molecule has 2 rings (SSSR count). The molecule has 0 aromatic heterocycles. The molecule has 1 unspecified atom stereocenters. The fourth-order valence-electron chi connectivity index (χ4n) is 3.36. The van der Waals surface area contributed by atoms with Crippen LogP contribution < -0.4 is 5.32 Å². The molecule has 0 aromatic carbocycles. The zero-order valence-electron chi connectivity index (χ0n) is 12.9. The Morgan fingerprint density at radius 3 is 2.52 bits per heavy atom. The van der Waals surface area contributed by atoms with E-state index in [1.165, 1.54) is 0 Å². The van der Waals surface area contributed by atoms with Crippen molar-refractivity contribution in [2.24, 2.45) is 5.92 Å². The van der Waals surface area contributed by atoms with Crippen LogP contribution in [-0.4, -0.2) is 65.7 Å². The third kappa shape index (κ3) is 4.59. The second kappa shape index (κ2) is 7.64. The average molecular weight is 297 g/mol. The zero-order chi connectivity index (χ0) is 15.2. The molecular weight excluding hydrogens is 270 g/mol. The molecule has 6 heteroatoms. The van der Waals surface area contributed by atoms with Gasteiger partial charge < -0.3 is 20.2 Å². The van der Waals surface area contributed by atoms with E-state index in [0.29, 0.717) is 19.0 Å². The Morgan fingerprint density at radius 1 is 1.19 bits per heavy atom. The maximum absolute atomic E-state index is 12.2. The van der Waals surface area contributed by atoms with E-state index in [0.717, 1.165) is 45.3 Å². The van der Waals surface area contributed by atoms with Gasteiger partial charge >= 0.3 is 12.0 Å². The number of nitrogens with one attached hydrogen (secondary N) is 1. The average Bonchev–Trinajstić information content (AvgIpc) is 2.92. The first-order valence-corrected chi connectivity index (χ1v) is 8.08. The minimum atomic E-state index is -0.827. The van der Waals surface area contributed by atoms with E-state index >= 15 is 0 Å². The maximum atomic E-state index is 12.2. The quantitative estimate of drug-likeness (QED) is 0.804. The maximum Gasteiger partial charge on any atom is 0.317 e. The number of aliphatic carboxylic acids is 1. The predicted molar refractivity (Wildman–Crippen MR) is 80.2 cm³/mol. The molecule has 21 heavy (non-hydrogen) atoms. The van der Waals surface area contributed by atoms with Gasteiger partial charge in [-0.3, -0.25) is 4.79 Å². The molecule has 2 fully saturated rings. The summed E-state index contributed by atoms with van der Waals surface area (Å²) >= 11 is 0. The van der Waals surface area contributed by atoms with Crippen molar-refractivity contribution >= 4 is 12.0 Å². The van der Waals surface area contributed by atoms with Crippen LogP contribution in [0, 0.1) is 5.92 Å². The van der Waals surface area contributed by atoms with Gasteiger partial charge in [-0.2, -0.15) is 0 Å². The minimum Gasteiger partial charge on any atom is -0.481 e. The van der Waals surface area contributed by atoms with Crippen LogP contribution in [0.1, 0.15) is 39.0 Å². The van der Waals surface area contributed by atoms with Gasteiger partial charge in [0.2, 0.25) is 0 Å². The monoisotopic (exact) mass is 297 g/mol. The first-order chi connectivity index (χ1) is 10.1. The lowest BCUT2D eigenvalue weighted by molar-refractivity contribution is -0.137. The Morgan fingerprint density at radius 2 is 1.90 bits per heavy atom. The molecule has 1 atom stereocenters. The van der Waals surface area contributed by atoms with Crippen LogP contribution in [0.4, 0.5) is 4.79 Å². The number of hydrogen-bond donors (Lipinski definition) is 2. The molecule has 0 radical (unpaired) electrons.